The third-order valence-electron chi connectivity index (χ3n) is 6.80. The average Bonchev–Trinajstić information content (AvgIpc) is 3.48. The standard InChI is InChI=1S/C30H32FN5O3/c1-19-8-9-23(39-15-5-13-30(2,3)38)18-24(19)20-12-14-32-26(17-20)33-29(37)28-34-27-11-10-25(36(27)35-28)21-6-4-7-22(31)16-21/h4,6-9,12,14,16-18,25,38H,5,10-11,13,15H2,1-3H3,(H,32,33,37). The zero-order valence-electron chi connectivity index (χ0n) is 22.3. The Morgan fingerprint density at radius 2 is 2.05 bits per heavy atom. The van der Waals surface area contributed by atoms with Gasteiger partial charge in [-0.15, -0.1) is 5.10 Å². The minimum Gasteiger partial charge on any atom is -0.494 e. The van der Waals surface area contributed by atoms with Crippen molar-refractivity contribution in [2.24, 2.45) is 0 Å². The minimum absolute atomic E-state index is 0.0518. The van der Waals surface area contributed by atoms with Gasteiger partial charge in [-0.1, -0.05) is 18.2 Å². The number of aromatic nitrogens is 4. The number of anilines is 1. The van der Waals surface area contributed by atoms with Crippen LogP contribution in [0.4, 0.5) is 10.2 Å². The lowest BCUT2D eigenvalue weighted by molar-refractivity contribution is 0.0641. The Bertz CT molecular complexity index is 1490. The molecule has 1 amide bonds. The van der Waals surface area contributed by atoms with E-state index < -0.39 is 11.5 Å². The van der Waals surface area contributed by atoms with E-state index in [1.54, 1.807) is 36.9 Å². The summed E-state index contributed by atoms with van der Waals surface area (Å²) in [5.41, 5.74) is 2.99. The number of hydrogen-bond acceptors (Lipinski definition) is 6. The molecule has 9 heteroatoms. The Labute approximate surface area is 226 Å². The van der Waals surface area contributed by atoms with E-state index in [9.17, 15) is 14.3 Å². The first-order valence-electron chi connectivity index (χ1n) is 13.1. The van der Waals surface area contributed by atoms with Crippen molar-refractivity contribution in [1.29, 1.82) is 0 Å². The number of amides is 1. The summed E-state index contributed by atoms with van der Waals surface area (Å²) in [6.07, 6.45) is 4.45. The highest BCUT2D eigenvalue weighted by molar-refractivity contribution is 6.01. The van der Waals surface area contributed by atoms with Crippen LogP contribution < -0.4 is 10.1 Å². The lowest BCUT2D eigenvalue weighted by atomic mass is 10.0. The molecule has 3 heterocycles. The topological polar surface area (TPSA) is 102 Å². The molecule has 0 radical (unpaired) electrons. The number of hydrogen-bond donors (Lipinski definition) is 2. The molecule has 0 saturated heterocycles. The van der Waals surface area contributed by atoms with Gasteiger partial charge in [0.15, 0.2) is 0 Å². The molecule has 39 heavy (non-hydrogen) atoms. The first-order chi connectivity index (χ1) is 18.7. The molecule has 8 nitrogen and oxygen atoms in total. The van der Waals surface area contributed by atoms with Gasteiger partial charge in [-0.25, -0.2) is 19.0 Å². The fraction of sp³-hybridized carbons (Fsp3) is 0.333. The Morgan fingerprint density at radius 1 is 1.21 bits per heavy atom. The van der Waals surface area contributed by atoms with Gasteiger partial charge in [-0.2, -0.15) is 0 Å². The van der Waals surface area contributed by atoms with Crippen molar-refractivity contribution >= 4 is 11.7 Å². The molecule has 0 fully saturated rings. The van der Waals surface area contributed by atoms with E-state index in [0.29, 0.717) is 31.1 Å². The molecule has 0 saturated carbocycles. The molecule has 1 aliphatic heterocycles. The second-order valence-electron chi connectivity index (χ2n) is 10.5. The molecule has 0 bridgehead atoms. The second-order valence-corrected chi connectivity index (χ2v) is 10.5. The molecular formula is C30H32FN5O3. The number of benzene rings is 2. The number of aliphatic hydroxyl groups is 1. The van der Waals surface area contributed by atoms with Crippen LogP contribution in [0.3, 0.4) is 0 Å². The van der Waals surface area contributed by atoms with Crippen molar-refractivity contribution in [3.05, 3.63) is 89.4 Å². The molecule has 5 rings (SSSR count). The largest absolute Gasteiger partial charge is 0.494 e. The fourth-order valence-corrected chi connectivity index (χ4v) is 4.82. The van der Waals surface area contributed by atoms with Gasteiger partial charge in [0, 0.05) is 12.6 Å². The number of fused-ring (bicyclic) bond motifs is 1. The third-order valence-corrected chi connectivity index (χ3v) is 6.80. The molecular weight excluding hydrogens is 497 g/mol. The van der Waals surface area contributed by atoms with Gasteiger partial charge in [0.25, 0.3) is 5.91 Å². The fourth-order valence-electron chi connectivity index (χ4n) is 4.82. The number of nitrogens with one attached hydrogen (secondary N) is 1. The summed E-state index contributed by atoms with van der Waals surface area (Å²) in [7, 11) is 0. The Morgan fingerprint density at radius 3 is 2.85 bits per heavy atom. The number of rotatable bonds is 9. The van der Waals surface area contributed by atoms with Crippen molar-refractivity contribution in [3.63, 3.8) is 0 Å². The molecule has 0 spiro atoms. The van der Waals surface area contributed by atoms with Crippen LogP contribution in [-0.2, 0) is 6.42 Å². The summed E-state index contributed by atoms with van der Waals surface area (Å²) in [6, 6.07) is 15.8. The highest BCUT2D eigenvalue weighted by Gasteiger charge is 2.29. The van der Waals surface area contributed by atoms with E-state index in [1.807, 2.05) is 37.3 Å². The molecule has 2 N–H and O–H groups in total. The first kappa shape index (κ1) is 26.5. The van der Waals surface area contributed by atoms with Crippen molar-refractivity contribution in [2.45, 2.75) is 58.1 Å². The lowest BCUT2D eigenvalue weighted by Gasteiger charge is -2.17. The van der Waals surface area contributed by atoms with Crippen LogP contribution >= 0.6 is 0 Å². The van der Waals surface area contributed by atoms with Gasteiger partial charge in [0.05, 0.1) is 18.2 Å². The molecule has 0 aliphatic carbocycles. The van der Waals surface area contributed by atoms with Crippen molar-refractivity contribution in [3.8, 4) is 16.9 Å². The summed E-state index contributed by atoms with van der Waals surface area (Å²) < 4.78 is 21.4. The van der Waals surface area contributed by atoms with Gasteiger partial charge in [-0.05, 0) is 98.7 Å². The molecule has 1 atom stereocenters. The van der Waals surface area contributed by atoms with Crippen molar-refractivity contribution in [2.75, 3.05) is 11.9 Å². The number of carbonyl (C=O) groups is 1. The molecule has 1 unspecified atom stereocenters. The Balaban J connectivity index is 1.28. The van der Waals surface area contributed by atoms with E-state index in [4.69, 9.17) is 4.74 Å². The number of aryl methyl sites for hydroxylation is 2. The van der Waals surface area contributed by atoms with Crippen molar-refractivity contribution in [1.82, 2.24) is 19.7 Å². The van der Waals surface area contributed by atoms with Crippen molar-refractivity contribution < 1.29 is 19.0 Å². The summed E-state index contributed by atoms with van der Waals surface area (Å²) in [5.74, 6) is 1.11. The third kappa shape index (κ3) is 6.31. The zero-order chi connectivity index (χ0) is 27.6. The van der Waals surface area contributed by atoms with Crippen LogP contribution in [0.5, 0.6) is 5.75 Å². The summed E-state index contributed by atoms with van der Waals surface area (Å²) >= 11 is 0. The number of nitrogens with zero attached hydrogens (tertiary/aromatic N) is 4. The van der Waals surface area contributed by atoms with Gasteiger partial charge in [-0.3, -0.25) is 4.79 Å². The maximum Gasteiger partial charge on any atom is 0.296 e. The molecule has 202 valence electrons. The van der Waals surface area contributed by atoms with E-state index >= 15 is 0 Å². The predicted molar refractivity (Wildman–Crippen MR) is 146 cm³/mol. The number of pyridine rings is 1. The van der Waals surface area contributed by atoms with Crippen LogP contribution in [0.2, 0.25) is 0 Å². The van der Waals surface area contributed by atoms with E-state index in [2.05, 4.69) is 20.4 Å². The Hall–Kier alpha value is -4.11. The quantitative estimate of drug-likeness (QED) is 0.278. The van der Waals surface area contributed by atoms with Crippen LogP contribution in [-0.4, -0.2) is 43.0 Å². The van der Waals surface area contributed by atoms with Crippen LogP contribution in [0, 0.1) is 12.7 Å². The Kier molecular flexibility index (Phi) is 7.43. The summed E-state index contributed by atoms with van der Waals surface area (Å²) in [6.45, 7) is 6.09. The van der Waals surface area contributed by atoms with E-state index in [0.717, 1.165) is 40.8 Å². The van der Waals surface area contributed by atoms with Gasteiger partial charge in [0.2, 0.25) is 5.82 Å². The highest BCUT2D eigenvalue weighted by atomic mass is 19.1. The molecule has 2 aromatic heterocycles. The predicted octanol–water partition coefficient (Wildman–Crippen LogP) is 5.51. The second kappa shape index (κ2) is 10.9. The molecule has 4 aromatic rings. The normalized spacial score (nSPS) is 14.7. The van der Waals surface area contributed by atoms with E-state index in [-0.39, 0.29) is 17.7 Å². The number of carbonyl (C=O) groups excluding carboxylic acids is 1. The monoisotopic (exact) mass is 529 g/mol. The van der Waals surface area contributed by atoms with Crippen LogP contribution in [0.15, 0.2) is 60.8 Å². The smallest absolute Gasteiger partial charge is 0.296 e. The molecule has 1 aliphatic rings. The molecule has 2 aromatic carbocycles. The number of halogens is 1. The SMILES string of the molecule is Cc1ccc(OCCCC(C)(C)O)cc1-c1ccnc(NC(=O)c2nc3n(n2)C(c2cccc(F)c2)CC3)c1. The van der Waals surface area contributed by atoms with Gasteiger partial charge in [0.1, 0.15) is 23.2 Å². The van der Waals surface area contributed by atoms with Gasteiger partial charge < -0.3 is 15.2 Å². The lowest BCUT2D eigenvalue weighted by Crippen LogP contribution is -2.19. The number of ether oxygens (including phenoxy) is 1. The van der Waals surface area contributed by atoms with Gasteiger partial charge >= 0.3 is 0 Å². The highest BCUT2D eigenvalue weighted by Crippen LogP contribution is 2.31. The maximum atomic E-state index is 13.8. The summed E-state index contributed by atoms with van der Waals surface area (Å²) in [4.78, 5) is 21.8. The first-order valence-corrected chi connectivity index (χ1v) is 13.1. The zero-order valence-corrected chi connectivity index (χ0v) is 22.3. The van der Waals surface area contributed by atoms with Crippen LogP contribution in [0.25, 0.3) is 11.1 Å². The van der Waals surface area contributed by atoms with Crippen LogP contribution in [0.1, 0.15) is 66.7 Å². The minimum atomic E-state index is -0.713. The summed E-state index contributed by atoms with van der Waals surface area (Å²) in [5, 5.41) is 17.1. The van der Waals surface area contributed by atoms with E-state index in [1.165, 1.54) is 12.1 Å². The maximum absolute atomic E-state index is 13.8. The average molecular weight is 530 g/mol.